The van der Waals surface area contributed by atoms with Crippen molar-refractivity contribution in [3.63, 3.8) is 0 Å². The molecule has 2 aliphatic heterocycles. The van der Waals surface area contributed by atoms with Gasteiger partial charge in [-0.05, 0) is 73.2 Å². The number of amidine groups is 2. The molecular formula is C33H28ClN7. The first-order chi connectivity index (χ1) is 20.0. The lowest BCUT2D eigenvalue weighted by Gasteiger charge is -2.40. The summed E-state index contributed by atoms with van der Waals surface area (Å²) in [5.41, 5.74) is 7.97. The minimum absolute atomic E-state index is 0.176. The maximum atomic E-state index is 6.18. The third kappa shape index (κ3) is 4.35. The van der Waals surface area contributed by atoms with E-state index in [4.69, 9.17) is 26.7 Å². The molecule has 2 aliphatic rings. The van der Waals surface area contributed by atoms with Gasteiger partial charge in [-0.2, -0.15) is 5.10 Å². The van der Waals surface area contributed by atoms with E-state index in [-0.39, 0.29) is 6.04 Å². The number of nitrogens with one attached hydrogen (secondary N) is 1. The molecule has 5 aromatic rings. The van der Waals surface area contributed by atoms with Crippen LogP contribution in [0.3, 0.4) is 0 Å². The zero-order valence-corrected chi connectivity index (χ0v) is 23.7. The Bertz CT molecular complexity index is 1800. The predicted octanol–water partition coefficient (Wildman–Crippen LogP) is 7.70. The molecular weight excluding hydrogens is 530 g/mol. The zero-order valence-electron chi connectivity index (χ0n) is 23.0. The molecule has 0 unspecified atom stereocenters. The molecule has 41 heavy (non-hydrogen) atoms. The second-order valence-corrected chi connectivity index (χ2v) is 10.8. The average Bonchev–Trinajstić information content (AvgIpc) is 3.33. The third-order valence-electron chi connectivity index (χ3n) is 7.47. The normalized spacial score (nSPS) is 15.3. The minimum atomic E-state index is -0.176. The van der Waals surface area contributed by atoms with E-state index in [9.17, 15) is 0 Å². The van der Waals surface area contributed by atoms with E-state index >= 15 is 0 Å². The van der Waals surface area contributed by atoms with Crippen LogP contribution in [0.2, 0.25) is 5.02 Å². The largest absolute Gasteiger partial charge is 0.378 e. The molecule has 202 valence electrons. The summed E-state index contributed by atoms with van der Waals surface area (Å²) >= 11 is 6.18. The molecule has 1 N–H and O–H groups in total. The van der Waals surface area contributed by atoms with Crippen molar-refractivity contribution in [2.75, 3.05) is 29.2 Å². The molecule has 0 spiro atoms. The van der Waals surface area contributed by atoms with Crippen LogP contribution in [0.15, 0.2) is 113 Å². The van der Waals surface area contributed by atoms with E-state index in [2.05, 4.69) is 78.6 Å². The van der Waals surface area contributed by atoms with Gasteiger partial charge in [-0.3, -0.25) is 0 Å². The highest BCUT2D eigenvalue weighted by Crippen LogP contribution is 2.48. The monoisotopic (exact) mass is 557 g/mol. The van der Waals surface area contributed by atoms with Gasteiger partial charge >= 0.3 is 0 Å². The van der Waals surface area contributed by atoms with E-state index in [1.54, 1.807) is 0 Å². The lowest BCUT2D eigenvalue weighted by Crippen LogP contribution is -2.46. The smallest absolute Gasteiger partial charge is 0.179 e. The number of anilines is 3. The van der Waals surface area contributed by atoms with Crippen molar-refractivity contribution < 1.29 is 0 Å². The first-order valence-corrected chi connectivity index (χ1v) is 13.9. The number of hydrogen-bond donors (Lipinski definition) is 1. The Hall–Kier alpha value is -4.88. The van der Waals surface area contributed by atoms with Crippen LogP contribution in [0, 0.1) is 6.92 Å². The Morgan fingerprint density at radius 2 is 1.51 bits per heavy atom. The highest BCUT2D eigenvalue weighted by Gasteiger charge is 2.41. The number of aliphatic imine (C=N–C) groups is 2. The molecule has 0 bridgehead atoms. The second kappa shape index (κ2) is 9.94. The van der Waals surface area contributed by atoms with Gasteiger partial charge in [-0.1, -0.05) is 54.1 Å². The Kier molecular flexibility index (Phi) is 6.09. The first kappa shape index (κ1) is 25.1. The Balaban J connectivity index is 1.48. The van der Waals surface area contributed by atoms with Crippen LogP contribution in [0.25, 0.3) is 5.69 Å². The van der Waals surface area contributed by atoms with Crippen LogP contribution in [0.1, 0.15) is 22.9 Å². The van der Waals surface area contributed by atoms with Gasteiger partial charge in [0.25, 0.3) is 0 Å². The van der Waals surface area contributed by atoms with Crippen molar-refractivity contribution in [1.82, 2.24) is 9.78 Å². The predicted molar refractivity (Wildman–Crippen MR) is 169 cm³/mol. The van der Waals surface area contributed by atoms with Crippen LogP contribution in [-0.4, -0.2) is 35.5 Å². The van der Waals surface area contributed by atoms with E-state index in [0.29, 0.717) is 10.9 Å². The fraction of sp³-hybridized carbons (Fsp3) is 0.121. The number of benzene rings is 4. The highest BCUT2D eigenvalue weighted by atomic mass is 35.5. The van der Waals surface area contributed by atoms with Crippen molar-refractivity contribution >= 4 is 51.8 Å². The summed E-state index contributed by atoms with van der Waals surface area (Å²) in [5.74, 6) is 2.18. The fourth-order valence-electron chi connectivity index (χ4n) is 5.49. The summed E-state index contributed by atoms with van der Waals surface area (Å²) in [6.45, 7) is 2.07. The summed E-state index contributed by atoms with van der Waals surface area (Å²) in [7, 11) is 4.11. The number of aromatic nitrogens is 2. The van der Waals surface area contributed by atoms with Gasteiger partial charge < -0.3 is 15.1 Å². The van der Waals surface area contributed by atoms with Crippen molar-refractivity contribution in [1.29, 1.82) is 0 Å². The van der Waals surface area contributed by atoms with Gasteiger partial charge in [0.05, 0.1) is 28.8 Å². The summed E-state index contributed by atoms with van der Waals surface area (Å²) in [4.78, 5) is 14.8. The average molecular weight is 558 g/mol. The molecule has 0 saturated heterocycles. The van der Waals surface area contributed by atoms with Gasteiger partial charge in [-0.25, -0.2) is 14.7 Å². The number of fused-ring (bicyclic) bond motifs is 4. The van der Waals surface area contributed by atoms with Crippen LogP contribution >= 0.6 is 11.6 Å². The second-order valence-electron chi connectivity index (χ2n) is 10.3. The molecule has 0 saturated carbocycles. The lowest BCUT2D eigenvalue weighted by molar-refractivity contribution is 0.815. The quantitative estimate of drug-likeness (QED) is 0.246. The van der Waals surface area contributed by atoms with E-state index in [1.807, 2.05) is 65.3 Å². The van der Waals surface area contributed by atoms with E-state index < -0.39 is 0 Å². The molecule has 8 heteroatoms. The molecule has 1 atom stereocenters. The summed E-state index contributed by atoms with van der Waals surface area (Å²) in [6, 6.07) is 34.5. The summed E-state index contributed by atoms with van der Waals surface area (Å²) < 4.78 is 1.94. The molecule has 7 nitrogen and oxygen atoms in total. The molecule has 7 rings (SSSR count). The van der Waals surface area contributed by atoms with Crippen molar-refractivity contribution in [3.8, 4) is 5.69 Å². The van der Waals surface area contributed by atoms with Crippen LogP contribution in [-0.2, 0) is 0 Å². The van der Waals surface area contributed by atoms with E-state index in [1.165, 1.54) is 0 Å². The van der Waals surface area contributed by atoms with Crippen LogP contribution in [0.4, 0.5) is 28.6 Å². The van der Waals surface area contributed by atoms with Gasteiger partial charge in [0, 0.05) is 36.1 Å². The fourth-order valence-corrected chi connectivity index (χ4v) is 5.61. The van der Waals surface area contributed by atoms with Crippen molar-refractivity contribution in [3.05, 3.63) is 125 Å². The van der Waals surface area contributed by atoms with E-state index in [0.717, 1.165) is 56.9 Å². The first-order valence-electron chi connectivity index (χ1n) is 13.5. The molecule has 0 fully saturated rings. The van der Waals surface area contributed by atoms with Gasteiger partial charge in [0.15, 0.2) is 17.5 Å². The van der Waals surface area contributed by atoms with Gasteiger partial charge in [-0.15, -0.1) is 0 Å². The molecule has 0 aliphatic carbocycles. The van der Waals surface area contributed by atoms with Gasteiger partial charge in [0.2, 0.25) is 0 Å². The van der Waals surface area contributed by atoms with Crippen molar-refractivity contribution in [2.24, 2.45) is 9.98 Å². The third-order valence-corrected chi connectivity index (χ3v) is 7.72. The SMILES string of the molecule is Cc1nn(-c2ccccc2)c2c1[C@H](c1ccc(N(C)C)cc1)N1C(=N2)C(Nc2ccc(Cl)cc2)=Nc2ccccc21. The molecule has 4 aromatic carbocycles. The molecule has 0 amide bonds. The number of para-hydroxylation sites is 3. The number of hydrogen-bond acceptors (Lipinski definition) is 6. The topological polar surface area (TPSA) is 61.1 Å². The highest BCUT2D eigenvalue weighted by molar-refractivity contribution is 6.51. The maximum absolute atomic E-state index is 6.18. The van der Waals surface area contributed by atoms with Gasteiger partial charge in [0.1, 0.15) is 0 Å². The Morgan fingerprint density at radius 3 is 2.24 bits per heavy atom. The summed E-state index contributed by atoms with van der Waals surface area (Å²) in [6.07, 6.45) is 0. The number of halogens is 1. The van der Waals surface area contributed by atoms with Crippen LogP contribution < -0.4 is 15.1 Å². The number of rotatable bonds is 4. The molecule has 3 heterocycles. The minimum Gasteiger partial charge on any atom is -0.378 e. The number of nitrogens with zero attached hydrogens (tertiary/aromatic N) is 6. The number of aryl methyl sites for hydroxylation is 1. The van der Waals surface area contributed by atoms with Crippen LogP contribution in [0.5, 0.6) is 0 Å². The standard InChI is InChI=1S/C33H28ClN7/c1-21-29-30(22-13-19-25(20-14-22)39(2)3)40-28-12-8-7-11-27(28)36-31(35-24-17-15-23(34)16-18-24)33(40)37-32(29)41(38-21)26-9-5-4-6-10-26/h4-20,30H,1-3H3,(H,35,36)/t30-/m0/s1. The lowest BCUT2D eigenvalue weighted by atomic mass is 9.93. The zero-order chi connectivity index (χ0) is 28.1. The maximum Gasteiger partial charge on any atom is 0.179 e. The molecule has 0 radical (unpaired) electrons. The Morgan fingerprint density at radius 1 is 0.805 bits per heavy atom. The summed E-state index contributed by atoms with van der Waals surface area (Å²) in [5, 5.41) is 9.22. The Labute approximate surface area is 244 Å². The molecule has 1 aromatic heterocycles. The van der Waals surface area contributed by atoms with Crippen molar-refractivity contribution in [2.45, 2.75) is 13.0 Å².